The maximum Gasteiger partial charge on any atom is 0.273 e. The van der Waals surface area contributed by atoms with Crippen molar-refractivity contribution in [1.29, 1.82) is 0 Å². The number of amides is 2. The Hall–Kier alpha value is -4.04. The first kappa shape index (κ1) is 21.7. The molecule has 0 aliphatic rings. The number of para-hydroxylation sites is 1. The largest absolute Gasteiger partial charge is 0.321 e. The van der Waals surface area contributed by atoms with Crippen LogP contribution in [-0.4, -0.2) is 22.4 Å². The number of benzene rings is 3. The summed E-state index contributed by atoms with van der Waals surface area (Å²) in [4.78, 5) is 35.4. The van der Waals surface area contributed by atoms with Gasteiger partial charge in [0.25, 0.3) is 17.5 Å². The molecule has 2 N–H and O–H groups in total. The van der Waals surface area contributed by atoms with E-state index < -0.39 is 10.8 Å². The molecule has 3 rings (SSSR count). The van der Waals surface area contributed by atoms with E-state index in [9.17, 15) is 19.7 Å². The Labute approximate surface area is 182 Å². The second-order valence-corrected chi connectivity index (χ2v) is 6.89. The van der Waals surface area contributed by atoms with Crippen LogP contribution in [0.5, 0.6) is 0 Å². The van der Waals surface area contributed by atoms with Gasteiger partial charge in [-0.25, -0.2) is 5.43 Å². The van der Waals surface area contributed by atoms with Crippen LogP contribution >= 0.6 is 11.6 Å². The second kappa shape index (κ2) is 9.64. The molecule has 0 aliphatic carbocycles. The number of non-ortho nitro benzene ring substituents is 1. The van der Waals surface area contributed by atoms with Gasteiger partial charge in [-0.2, -0.15) is 5.10 Å². The van der Waals surface area contributed by atoms with E-state index in [1.807, 2.05) is 0 Å². The van der Waals surface area contributed by atoms with E-state index in [0.717, 1.165) is 0 Å². The third-order valence-electron chi connectivity index (χ3n) is 4.35. The average Bonchev–Trinajstić information content (AvgIpc) is 2.78. The number of nitrogens with one attached hydrogen (secondary N) is 2. The summed E-state index contributed by atoms with van der Waals surface area (Å²) in [6, 6.07) is 18.7. The van der Waals surface area contributed by atoms with Crippen molar-refractivity contribution >= 4 is 40.5 Å². The highest BCUT2D eigenvalue weighted by atomic mass is 35.5. The number of nitro benzene ring substituents is 1. The van der Waals surface area contributed by atoms with E-state index in [0.29, 0.717) is 27.5 Å². The lowest BCUT2D eigenvalue weighted by molar-refractivity contribution is -0.384. The average molecular weight is 437 g/mol. The van der Waals surface area contributed by atoms with E-state index >= 15 is 0 Å². The Morgan fingerprint density at radius 1 is 0.903 bits per heavy atom. The van der Waals surface area contributed by atoms with Crippen molar-refractivity contribution < 1.29 is 14.5 Å². The van der Waals surface area contributed by atoms with Crippen molar-refractivity contribution in [2.45, 2.75) is 6.92 Å². The molecule has 0 unspecified atom stereocenters. The number of hydrogen-bond acceptors (Lipinski definition) is 5. The van der Waals surface area contributed by atoms with Crippen LogP contribution in [0.25, 0.3) is 0 Å². The van der Waals surface area contributed by atoms with Crippen molar-refractivity contribution in [3.63, 3.8) is 0 Å². The fourth-order valence-electron chi connectivity index (χ4n) is 2.67. The van der Waals surface area contributed by atoms with Crippen molar-refractivity contribution in [3.05, 3.63) is 105 Å². The molecule has 3 aromatic rings. The Morgan fingerprint density at radius 3 is 2.16 bits per heavy atom. The van der Waals surface area contributed by atoms with Gasteiger partial charge in [-0.05, 0) is 61.0 Å². The maximum absolute atomic E-state index is 12.6. The molecule has 3 aromatic carbocycles. The summed E-state index contributed by atoms with van der Waals surface area (Å²) >= 11 is 5.84. The van der Waals surface area contributed by atoms with Crippen LogP contribution < -0.4 is 10.7 Å². The third kappa shape index (κ3) is 5.52. The van der Waals surface area contributed by atoms with E-state index in [1.165, 1.54) is 12.1 Å². The molecule has 0 fully saturated rings. The smallest absolute Gasteiger partial charge is 0.273 e. The van der Waals surface area contributed by atoms with Gasteiger partial charge >= 0.3 is 0 Å². The SMILES string of the molecule is C/C(=N\NC(=O)c1ccccc1NC(=O)c1ccc(Cl)cc1)c1ccc([N+](=O)[O-])cc1. The van der Waals surface area contributed by atoms with Crippen LogP contribution in [0.4, 0.5) is 11.4 Å². The molecule has 0 bridgehead atoms. The molecular formula is C22H17ClN4O4. The zero-order valence-electron chi connectivity index (χ0n) is 16.3. The molecule has 0 aromatic heterocycles. The van der Waals surface area contributed by atoms with Crippen LogP contribution in [0.3, 0.4) is 0 Å². The second-order valence-electron chi connectivity index (χ2n) is 6.45. The maximum atomic E-state index is 12.6. The number of carbonyl (C=O) groups is 2. The standard InChI is InChI=1S/C22H17ClN4O4/c1-14(15-8-12-18(13-9-15)27(30)31)25-26-22(29)19-4-2-3-5-20(19)24-21(28)16-6-10-17(23)11-7-16/h2-13H,1H3,(H,24,28)(H,26,29)/b25-14+. The van der Waals surface area contributed by atoms with Gasteiger partial charge in [-0.15, -0.1) is 0 Å². The van der Waals surface area contributed by atoms with Gasteiger partial charge in [0.15, 0.2) is 0 Å². The molecule has 8 nitrogen and oxygen atoms in total. The Bertz CT molecular complexity index is 1160. The number of nitrogens with zero attached hydrogens (tertiary/aromatic N) is 2. The normalized spacial score (nSPS) is 11.0. The first-order valence-electron chi connectivity index (χ1n) is 9.10. The van der Waals surface area contributed by atoms with Gasteiger partial charge in [0.05, 0.1) is 21.9 Å². The highest BCUT2D eigenvalue weighted by Crippen LogP contribution is 2.18. The van der Waals surface area contributed by atoms with Crippen LogP contribution in [0.1, 0.15) is 33.2 Å². The molecule has 31 heavy (non-hydrogen) atoms. The fourth-order valence-corrected chi connectivity index (χ4v) is 2.80. The highest BCUT2D eigenvalue weighted by molar-refractivity contribution is 6.30. The summed E-state index contributed by atoms with van der Waals surface area (Å²) in [5.74, 6) is -0.907. The summed E-state index contributed by atoms with van der Waals surface area (Å²) in [7, 11) is 0. The minimum absolute atomic E-state index is 0.0362. The van der Waals surface area contributed by atoms with Gasteiger partial charge in [0.2, 0.25) is 0 Å². The highest BCUT2D eigenvalue weighted by Gasteiger charge is 2.14. The van der Waals surface area contributed by atoms with Crippen LogP contribution in [0, 0.1) is 10.1 Å². The predicted molar refractivity (Wildman–Crippen MR) is 119 cm³/mol. The number of anilines is 1. The predicted octanol–water partition coefficient (Wildman–Crippen LogP) is 4.65. The minimum atomic E-state index is -0.520. The summed E-state index contributed by atoms with van der Waals surface area (Å²) < 4.78 is 0. The van der Waals surface area contributed by atoms with Crippen molar-refractivity contribution in [2.75, 3.05) is 5.32 Å². The number of hydrazone groups is 1. The Kier molecular flexibility index (Phi) is 6.74. The third-order valence-corrected chi connectivity index (χ3v) is 4.60. The summed E-state index contributed by atoms with van der Waals surface area (Å²) in [6.07, 6.45) is 0. The topological polar surface area (TPSA) is 114 Å². The minimum Gasteiger partial charge on any atom is -0.321 e. The molecule has 0 saturated carbocycles. The lowest BCUT2D eigenvalue weighted by atomic mass is 10.1. The molecule has 9 heteroatoms. The van der Waals surface area contributed by atoms with Crippen LogP contribution in [-0.2, 0) is 0 Å². The molecule has 0 saturated heterocycles. The van der Waals surface area contributed by atoms with Crippen LogP contribution in [0.2, 0.25) is 5.02 Å². The van der Waals surface area contributed by atoms with Gasteiger partial charge in [0.1, 0.15) is 0 Å². The zero-order valence-corrected chi connectivity index (χ0v) is 17.1. The first-order chi connectivity index (χ1) is 14.8. The van der Waals surface area contributed by atoms with E-state index in [1.54, 1.807) is 67.6 Å². The number of halogens is 1. The lowest BCUT2D eigenvalue weighted by Crippen LogP contribution is -2.22. The number of rotatable bonds is 6. The van der Waals surface area contributed by atoms with E-state index in [4.69, 9.17) is 11.6 Å². The molecule has 0 radical (unpaired) electrons. The first-order valence-corrected chi connectivity index (χ1v) is 9.48. The van der Waals surface area contributed by atoms with Crippen LogP contribution in [0.15, 0.2) is 77.9 Å². The summed E-state index contributed by atoms with van der Waals surface area (Å²) in [5.41, 5.74) is 4.43. The number of nitro groups is 1. The van der Waals surface area contributed by atoms with Gasteiger partial charge in [0, 0.05) is 22.7 Å². The monoisotopic (exact) mass is 436 g/mol. The molecule has 2 amide bonds. The summed E-state index contributed by atoms with van der Waals surface area (Å²) in [6.45, 7) is 1.66. The van der Waals surface area contributed by atoms with Crippen molar-refractivity contribution in [1.82, 2.24) is 5.43 Å². The van der Waals surface area contributed by atoms with E-state index in [-0.39, 0.29) is 17.2 Å². The Morgan fingerprint density at radius 2 is 1.52 bits per heavy atom. The molecule has 0 heterocycles. The fraction of sp³-hybridized carbons (Fsp3) is 0.0455. The number of hydrogen-bond donors (Lipinski definition) is 2. The zero-order chi connectivity index (χ0) is 22.4. The van der Waals surface area contributed by atoms with E-state index in [2.05, 4.69) is 15.8 Å². The molecular weight excluding hydrogens is 420 g/mol. The number of carbonyl (C=O) groups excluding carboxylic acids is 2. The quantitative estimate of drug-likeness (QED) is 0.332. The van der Waals surface area contributed by atoms with Gasteiger partial charge < -0.3 is 5.32 Å². The molecule has 0 aliphatic heterocycles. The summed E-state index contributed by atoms with van der Waals surface area (Å²) in [5, 5.41) is 18.0. The van der Waals surface area contributed by atoms with Gasteiger partial charge in [-0.1, -0.05) is 23.7 Å². The Balaban J connectivity index is 1.73. The lowest BCUT2D eigenvalue weighted by Gasteiger charge is -2.10. The van der Waals surface area contributed by atoms with Crippen molar-refractivity contribution in [2.24, 2.45) is 5.10 Å². The molecule has 156 valence electrons. The van der Waals surface area contributed by atoms with Crippen molar-refractivity contribution in [3.8, 4) is 0 Å². The van der Waals surface area contributed by atoms with Gasteiger partial charge in [-0.3, -0.25) is 19.7 Å². The molecule has 0 spiro atoms. The molecule has 0 atom stereocenters.